The highest BCUT2D eigenvalue weighted by Crippen LogP contribution is 2.31. The Kier molecular flexibility index (Phi) is 5.50. The van der Waals surface area contributed by atoms with Crippen LogP contribution in [0.2, 0.25) is 5.02 Å². The summed E-state index contributed by atoms with van der Waals surface area (Å²) in [6, 6.07) is 14.5. The summed E-state index contributed by atoms with van der Waals surface area (Å²) >= 11 is 7.62. The molecule has 0 saturated carbocycles. The van der Waals surface area contributed by atoms with Gasteiger partial charge in [0.15, 0.2) is 5.16 Å². The molecule has 0 amide bonds. The Morgan fingerprint density at radius 1 is 1.18 bits per heavy atom. The molecule has 0 N–H and O–H groups in total. The first-order chi connectivity index (χ1) is 13.7. The van der Waals surface area contributed by atoms with E-state index in [1.165, 1.54) is 17.8 Å². The molecule has 0 spiro atoms. The predicted molar refractivity (Wildman–Crippen MR) is 111 cm³/mol. The Balaban J connectivity index is 1.69. The highest BCUT2D eigenvalue weighted by atomic mass is 35.5. The molecule has 4 aromatic rings. The van der Waals surface area contributed by atoms with E-state index in [0.29, 0.717) is 22.9 Å². The third-order valence-electron chi connectivity index (χ3n) is 4.40. The number of rotatable bonds is 6. The maximum atomic E-state index is 14.1. The van der Waals surface area contributed by atoms with Gasteiger partial charge >= 0.3 is 0 Å². The molecule has 0 aliphatic carbocycles. The third kappa shape index (κ3) is 3.84. The van der Waals surface area contributed by atoms with Crippen molar-refractivity contribution in [1.29, 1.82) is 0 Å². The van der Waals surface area contributed by atoms with E-state index in [0.717, 1.165) is 27.5 Å². The lowest BCUT2D eigenvalue weighted by molar-refractivity contribution is 0.414. The molecular weight excluding hydrogens is 397 g/mol. The molecule has 7 heteroatoms. The number of methoxy groups -OCH3 is 1. The number of fused-ring (bicyclic) bond motifs is 1. The second-order valence-corrected chi connectivity index (χ2v) is 7.54. The summed E-state index contributed by atoms with van der Waals surface area (Å²) in [7, 11) is 1.65. The maximum Gasteiger partial charge on any atom is 0.169 e. The molecule has 0 saturated heterocycles. The molecule has 4 nitrogen and oxygen atoms in total. The molecule has 0 aliphatic heterocycles. The molecule has 4 rings (SSSR count). The van der Waals surface area contributed by atoms with Crippen LogP contribution < -0.4 is 4.74 Å². The van der Waals surface area contributed by atoms with Gasteiger partial charge in [-0.2, -0.15) is 0 Å². The van der Waals surface area contributed by atoms with Crippen LogP contribution in [-0.4, -0.2) is 21.6 Å². The lowest BCUT2D eigenvalue weighted by atomic mass is 10.2. The van der Waals surface area contributed by atoms with Gasteiger partial charge in [-0.15, -0.1) is 0 Å². The second-order valence-electron chi connectivity index (χ2n) is 6.19. The van der Waals surface area contributed by atoms with Crippen molar-refractivity contribution >= 4 is 34.4 Å². The van der Waals surface area contributed by atoms with E-state index in [1.807, 2.05) is 30.3 Å². The second kappa shape index (κ2) is 8.20. The van der Waals surface area contributed by atoms with Gasteiger partial charge in [-0.25, -0.2) is 9.37 Å². The van der Waals surface area contributed by atoms with Gasteiger partial charge in [-0.05, 0) is 35.9 Å². The first kappa shape index (κ1) is 18.8. The zero-order valence-corrected chi connectivity index (χ0v) is 16.7. The van der Waals surface area contributed by atoms with Crippen molar-refractivity contribution in [2.45, 2.75) is 17.5 Å². The molecule has 28 heavy (non-hydrogen) atoms. The fourth-order valence-electron chi connectivity index (χ4n) is 2.97. The number of halogens is 2. The van der Waals surface area contributed by atoms with Gasteiger partial charge in [-0.1, -0.05) is 41.6 Å². The monoisotopic (exact) mass is 413 g/mol. The maximum absolute atomic E-state index is 14.1. The molecule has 0 fully saturated rings. The first-order valence-corrected chi connectivity index (χ1v) is 10.0. The largest absolute Gasteiger partial charge is 0.497 e. The quantitative estimate of drug-likeness (QED) is 0.387. The standard InChI is InChI=1S/C21H17ClFN3OS/c1-27-15-5-2-4-14(10-15)12-26-20-11-24-9-8-19(20)25-21(26)28-13-16-17(22)6-3-7-18(16)23/h2-11H,12-13H2,1H3. The van der Waals surface area contributed by atoms with Crippen molar-refractivity contribution in [3.8, 4) is 5.75 Å². The fraction of sp³-hybridized carbons (Fsp3) is 0.143. The van der Waals surface area contributed by atoms with Gasteiger partial charge in [0.1, 0.15) is 11.6 Å². The zero-order chi connectivity index (χ0) is 19.5. The summed E-state index contributed by atoms with van der Waals surface area (Å²) in [5.74, 6) is 0.880. The number of ether oxygens (including phenoxy) is 1. The summed E-state index contributed by atoms with van der Waals surface area (Å²) in [5.41, 5.74) is 3.33. The average molecular weight is 414 g/mol. The summed E-state index contributed by atoms with van der Waals surface area (Å²) in [6.07, 6.45) is 3.51. The van der Waals surface area contributed by atoms with Crippen LogP contribution in [0.15, 0.2) is 66.1 Å². The van der Waals surface area contributed by atoms with Crippen molar-refractivity contribution in [1.82, 2.24) is 14.5 Å². The van der Waals surface area contributed by atoms with E-state index < -0.39 is 0 Å². The Morgan fingerprint density at radius 3 is 2.86 bits per heavy atom. The Bertz CT molecular complexity index is 1110. The normalized spacial score (nSPS) is 11.1. The van der Waals surface area contributed by atoms with Gasteiger partial charge in [0, 0.05) is 22.5 Å². The summed E-state index contributed by atoms with van der Waals surface area (Å²) in [4.78, 5) is 8.95. The Hall–Kier alpha value is -2.57. The minimum atomic E-state index is -0.308. The number of benzene rings is 2. The topological polar surface area (TPSA) is 39.9 Å². The third-order valence-corrected chi connectivity index (χ3v) is 5.75. The van der Waals surface area contributed by atoms with Crippen molar-refractivity contribution in [3.63, 3.8) is 0 Å². The number of hydrogen-bond acceptors (Lipinski definition) is 4. The molecule has 2 aromatic carbocycles. The number of thioether (sulfide) groups is 1. The van der Waals surface area contributed by atoms with Crippen LogP contribution in [0, 0.1) is 5.82 Å². The molecule has 142 valence electrons. The van der Waals surface area contributed by atoms with Crippen molar-refractivity contribution in [2.75, 3.05) is 7.11 Å². The Labute approximate surface area is 171 Å². The van der Waals surface area contributed by atoms with Crippen molar-refractivity contribution in [3.05, 3.63) is 82.9 Å². The molecule has 0 unspecified atom stereocenters. The number of pyridine rings is 1. The minimum absolute atomic E-state index is 0.308. The molecule has 0 aliphatic rings. The van der Waals surface area contributed by atoms with E-state index in [1.54, 1.807) is 31.6 Å². The molecule has 2 heterocycles. The minimum Gasteiger partial charge on any atom is -0.497 e. The molecular formula is C21H17ClFN3OS. The lowest BCUT2D eigenvalue weighted by Crippen LogP contribution is -2.02. The van der Waals surface area contributed by atoms with Crippen LogP contribution >= 0.6 is 23.4 Å². The van der Waals surface area contributed by atoms with Crippen molar-refractivity contribution < 1.29 is 9.13 Å². The highest BCUT2D eigenvalue weighted by Gasteiger charge is 2.15. The smallest absolute Gasteiger partial charge is 0.169 e. The Morgan fingerprint density at radius 2 is 2.04 bits per heavy atom. The van der Waals surface area contributed by atoms with E-state index >= 15 is 0 Å². The SMILES string of the molecule is COc1cccc(Cn2c(SCc3c(F)cccc3Cl)nc3ccncc32)c1. The van der Waals surface area contributed by atoms with Gasteiger partial charge in [0.25, 0.3) is 0 Å². The van der Waals surface area contributed by atoms with Crippen LogP contribution in [0.1, 0.15) is 11.1 Å². The summed E-state index contributed by atoms with van der Waals surface area (Å²) in [6.45, 7) is 0.604. The fourth-order valence-corrected chi connectivity index (χ4v) is 4.33. The number of nitrogens with zero attached hydrogens (tertiary/aromatic N) is 3. The van der Waals surface area contributed by atoms with E-state index in [-0.39, 0.29) is 5.82 Å². The van der Waals surface area contributed by atoms with Gasteiger partial charge in [0.2, 0.25) is 0 Å². The average Bonchev–Trinajstić information content (AvgIpc) is 3.05. The highest BCUT2D eigenvalue weighted by molar-refractivity contribution is 7.98. The molecule has 0 atom stereocenters. The van der Waals surface area contributed by atoms with Crippen LogP contribution in [0.5, 0.6) is 5.75 Å². The molecule has 0 radical (unpaired) electrons. The number of imidazole rings is 1. The zero-order valence-electron chi connectivity index (χ0n) is 15.1. The van der Waals surface area contributed by atoms with Crippen LogP contribution in [0.4, 0.5) is 4.39 Å². The summed E-state index contributed by atoms with van der Waals surface area (Å²) in [5, 5.41) is 1.20. The number of aromatic nitrogens is 3. The van der Waals surface area contributed by atoms with Gasteiger partial charge in [-0.3, -0.25) is 4.98 Å². The molecule has 2 aromatic heterocycles. The van der Waals surface area contributed by atoms with E-state index in [2.05, 4.69) is 9.55 Å². The van der Waals surface area contributed by atoms with Crippen molar-refractivity contribution in [2.24, 2.45) is 0 Å². The molecule has 0 bridgehead atoms. The van der Waals surface area contributed by atoms with E-state index in [9.17, 15) is 4.39 Å². The number of hydrogen-bond donors (Lipinski definition) is 0. The predicted octanol–water partition coefficient (Wildman–Crippen LogP) is 5.57. The van der Waals surface area contributed by atoms with Gasteiger partial charge < -0.3 is 9.30 Å². The lowest BCUT2D eigenvalue weighted by Gasteiger charge is -2.11. The summed E-state index contributed by atoms with van der Waals surface area (Å²) < 4.78 is 21.5. The van der Waals surface area contributed by atoms with Crippen LogP contribution in [0.3, 0.4) is 0 Å². The van der Waals surface area contributed by atoms with E-state index in [4.69, 9.17) is 21.3 Å². The van der Waals surface area contributed by atoms with Gasteiger partial charge in [0.05, 0.1) is 30.9 Å². The first-order valence-electron chi connectivity index (χ1n) is 8.64. The van der Waals surface area contributed by atoms with Crippen LogP contribution in [-0.2, 0) is 12.3 Å². The van der Waals surface area contributed by atoms with Crippen LogP contribution in [0.25, 0.3) is 11.0 Å².